The molecule has 0 aromatic heterocycles. The molecule has 0 spiro atoms. The fourth-order valence-corrected chi connectivity index (χ4v) is 2.29. The van der Waals surface area contributed by atoms with E-state index in [0.29, 0.717) is 11.3 Å². The molecule has 0 radical (unpaired) electrons. The van der Waals surface area contributed by atoms with E-state index >= 15 is 0 Å². The molecule has 25 heavy (non-hydrogen) atoms. The topological polar surface area (TPSA) is 58.2 Å². The minimum Gasteiger partial charge on any atom is -0.349 e. The number of rotatable bonds is 4. The SMILES string of the molecule is O=C(Nc1ccccc1C(=O)NC1CC1)c1ccc(C(F)(F)F)cc1. The maximum absolute atomic E-state index is 12.6. The Morgan fingerprint density at radius 3 is 2.16 bits per heavy atom. The number of carbonyl (C=O) groups excluding carboxylic acids is 2. The van der Waals surface area contributed by atoms with Gasteiger partial charge in [-0.25, -0.2) is 0 Å². The van der Waals surface area contributed by atoms with Gasteiger partial charge in [-0.1, -0.05) is 12.1 Å². The number of anilines is 1. The van der Waals surface area contributed by atoms with Gasteiger partial charge in [-0.2, -0.15) is 13.2 Å². The van der Waals surface area contributed by atoms with Crippen molar-refractivity contribution in [3.8, 4) is 0 Å². The summed E-state index contributed by atoms with van der Waals surface area (Å²) in [4.78, 5) is 24.5. The van der Waals surface area contributed by atoms with Crippen LogP contribution in [-0.4, -0.2) is 17.9 Å². The Morgan fingerprint density at radius 2 is 1.56 bits per heavy atom. The molecule has 3 rings (SSSR count). The summed E-state index contributed by atoms with van der Waals surface area (Å²) in [5.41, 5.74) is -0.126. The molecule has 0 bridgehead atoms. The highest BCUT2D eigenvalue weighted by Gasteiger charge is 2.30. The standard InChI is InChI=1S/C18H15F3N2O2/c19-18(20,21)12-7-5-11(6-8-12)16(24)23-15-4-2-1-3-14(15)17(25)22-13-9-10-13/h1-8,13H,9-10H2,(H,22,25)(H,23,24). The maximum atomic E-state index is 12.6. The molecule has 2 amide bonds. The molecule has 0 atom stereocenters. The molecule has 0 unspecified atom stereocenters. The third kappa shape index (κ3) is 4.17. The Balaban J connectivity index is 1.75. The smallest absolute Gasteiger partial charge is 0.349 e. The summed E-state index contributed by atoms with van der Waals surface area (Å²) in [6.07, 6.45) is -2.58. The van der Waals surface area contributed by atoms with E-state index in [4.69, 9.17) is 0 Å². The summed E-state index contributed by atoms with van der Waals surface area (Å²) < 4.78 is 37.7. The van der Waals surface area contributed by atoms with Crippen LogP contribution in [0.25, 0.3) is 0 Å². The number of hydrogen-bond donors (Lipinski definition) is 2. The monoisotopic (exact) mass is 348 g/mol. The second-order valence-electron chi connectivity index (χ2n) is 5.82. The van der Waals surface area contributed by atoms with Crippen LogP contribution in [0.3, 0.4) is 0 Å². The van der Waals surface area contributed by atoms with Crippen LogP contribution >= 0.6 is 0 Å². The average molecular weight is 348 g/mol. The van der Waals surface area contributed by atoms with Gasteiger partial charge in [0.25, 0.3) is 11.8 Å². The van der Waals surface area contributed by atoms with Crippen LogP contribution < -0.4 is 10.6 Å². The summed E-state index contributed by atoms with van der Waals surface area (Å²) in [6, 6.07) is 10.6. The summed E-state index contributed by atoms with van der Waals surface area (Å²) in [5.74, 6) is -0.869. The molecule has 1 aliphatic carbocycles. The number of alkyl halides is 3. The Hall–Kier alpha value is -2.83. The normalized spacial score (nSPS) is 14.0. The Labute approximate surface area is 142 Å². The van der Waals surface area contributed by atoms with Crippen LogP contribution in [0.15, 0.2) is 48.5 Å². The van der Waals surface area contributed by atoms with Gasteiger partial charge in [0.2, 0.25) is 0 Å². The number of para-hydroxylation sites is 1. The largest absolute Gasteiger partial charge is 0.416 e. The van der Waals surface area contributed by atoms with Crippen molar-refractivity contribution in [2.75, 3.05) is 5.32 Å². The van der Waals surface area contributed by atoms with Gasteiger partial charge in [-0.15, -0.1) is 0 Å². The van der Waals surface area contributed by atoms with Gasteiger partial charge in [0.05, 0.1) is 16.8 Å². The van der Waals surface area contributed by atoms with Gasteiger partial charge < -0.3 is 10.6 Å². The van der Waals surface area contributed by atoms with Gasteiger partial charge >= 0.3 is 6.18 Å². The van der Waals surface area contributed by atoms with E-state index in [1.807, 2.05) is 0 Å². The first-order valence-corrected chi connectivity index (χ1v) is 7.73. The molecule has 0 saturated heterocycles. The van der Waals surface area contributed by atoms with E-state index in [0.717, 1.165) is 37.1 Å². The lowest BCUT2D eigenvalue weighted by molar-refractivity contribution is -0.137. The van der Waals surface area contributed by atoms with Crippen molar-refractivity contribution in [1.82, 2.24) is 5.32 Å². The minimum atomic E-state index is -4.46. The van der Waals surface area contributed by atoms with E-state index in [1.54, 1.807) is 24.3 Å². The molecular weight excluding hydrogens is 333 g/mol. The van der Waals surface area contributed by atoms with Crippen LogP contribution in [0.5, 0.6) is 0 Å². The highest BCUT2D eigenvalue weighted by Crippen LogP contribution is 2.29. The molecule has 1 saturated carbocycles. The second-order valence-corrected chi connectivity index (χ2v) is 5.82. The molecule has 2 aromatic carbocycles. The third-order valence-corrected chi connectivity index (χ3v) is 3.81. The van der Waals surface area contributed by atoms with Crippen molar-refractivity contribution < 1.29 is 22.8 Å². The zero-order chi connectivity index (χ0) is 18.0. The van der Waals surface area contributed by atoms with Crippen LogP contribution in [0, 0.1) is 0 Å². The van der Waals surface area contributed by atoms with Crippen LogP contribution in [0.1, 0.15) is 39.1 Å². The Kier molecular flexibility index (Phi) is 4.48. The van der Waals surface area contributed by atoms with Crippen molar-refractivity contribution in [1.29, 1.82) is 0 Å². The summed E-state index contributed by atoms with van der Waals surface area (Å²) in [6.45, 7) is 0. The maximum Gasteiger partial charge on any atom is 0.416 e. The molecule has 1 fully saturated rings. The van der Waals surface area contributed by atoms with Crippen LogP contribution in [0.2, 0.25) is 0 Å². The van der Waals surface area contributed by atoms with Gasteiger partial charge in [-0.3, -0.25) is 9.59 Å². The van der Waals surface area contributed by atoms with Gasteiger partial charge in [0.1, 0.15) is 0 Å². The van der Waals surface area contributed by atoms with E-state index in [2.05, 4.69) is 10.6 Å². The van der Waals surface area contributed by atoms with Crippen LogP contribution in [-0.2, 0) is 6.18 Å². The molecule has 2 N–H and O–H groups in total. The van der Waals surface area contributed by atoms with Crippen molar-refractivity contribution in [3.05, 3.63) is 65.2 Å². The van der Waals surface area contributed by atoms with E-state index in [-0.39, 0.29) is 17.5 Å². The second kappa shape index (κ2) is 6.58. The van der Waals surface area contributed by atoms with Gasteiger partial charge in [-0.05, 0) is 49.2 Å². The van der Waals surface area contributed by atoms with E-state index in [1.165, 1.54) is 0 Å². The lowest BCUT2D eigenvalue weighted by atomic mass is 10.1. The molecule has 7 heteroatoms. The van der Waals surface area contributed by atoms with Crippen molar-refractivity contribution in [2.24, 2.45) is 0 Å². The number of hydrogen-bond acceptors (Lipinski definition) is 2. The number of amides is 2. The van der Waals surface area contributed by atoms with Gasteiger partial charge in [0, 0.05) is 11.6 Å². The Morgan fingerprint density at radius 1 is 0.920 bits per heavy atom. The number of carbonyl (C=O) groups is 2. The molecule has 130 valence electrons. The van der Waals surface area contributed by atoms with Crippen molar-refractivity contribution >= 4 is 17.5 Å². The Bertz CT molecular complexity index is 797. The fraction of sp³-hybridized carbons (Fsp3) is 0.222. The van der Waals surface area contributed by atoms with Crippen molar-refractivity contribution in [2.45, 2.75) is 25.1 Å². The summed E-state index contributed by atoms with van der Waals surface area (Å²) in [7, 11) is 0. The average Bonchev–Trinajstić information content (AvgIpc) is 3.38. The number of benzene rings is 2. The molecule has 2 aromatic rings. The number of halogens is 3. The molecule has 1 aliphatic rings. The van der Waals surface area contributed by atoms with E-state index in [9.17, 15) is 22.8 Å². The molecule has 4 nitrogen and oxygen atoms in total. The third-order valence-electron chi connectivity index (χ3n) is 3.81. The molecular formula is C18H15F3N2O2. The minimum absolute atomic E-state index is 0.0744. The predicted molar refractivity (Wildman–Crippen MR) is 86.3 cm³/mol. The zero-order valence-corrected chi connectivity index (χ0v) is 13.1. The number of nitrogens with one attached hydrogen (secondary N) is 2. The zero-order valence-electron chi connectivity index (χ0n) is 13.1. The van der Waals surface area contributed by atoms with Crippen molar-refractivity contribution in [3.63, 3.8) is 0 Å². The fourth-order valence-electron chi connectivity index (χ4n) is 2.29. The van der Waals surface area contributed by atoms with E-state index < -0.39 is 17.6 Å². The first kappa shape index (κ1) is 17.0. The van der Waals surface area contributed by atoms with Crippen LogP contribution in [0.4, 0.5) is 18.9 Å². The summed E-state index contributed by atoms with van der Waals surface area (Å²) in [5, 5.41) is 5.41. The quantitative estimate of drug-likeness (QED) is 0.882. The lowest BCUT2D eigenvalue weighted by Crippen LogP contribution is -2.27. The van der Waals surface area contributed by atoms with Gasteiger partial charge in [0.15, 0.2) is 0 Å². The molecule has 0 heterocycles. The highest BCUT2D eigenvalue weighted by atomic mass is 19.4. The summed E-state index contributed by atoms with van der Waals surface area (Å²) >= 11 is 0. The predicted octanol–water partition coefficient (Wildman–Crippen LogP) is 3.85. The first-order chi connectivity index (χ1) is 11.8. The first-order valence-electron chi connectivity index (χ1n) is 7.73. The molecule has 0 aliphatic heterocycles. The highest BCUT2D eigenvalue weighted by molar-refractivity contribution is 6.09. The lowest BCUT2D eigenvalue weighted by Gasteiger charge is -2.12.